The Bertz CT molecular complexity index is 1710. The summed E-state index contributed by atoms with van der Waals surface area (Å²) < 4.78 is 13.3. The minimum atomic E-state index is -0.244. The van der Waals surface area contributed by atoms with E-state index in [0.717, 1.165) is 46.6 Å². The van der Waals surface area contributed by atoms with Crippen LogP contribution in [0.4, 0.5) is 0 Å². The van der Waals surface area contributed by atoms with E-state index in [0.29, 0.717) is 21.7 Å². The highest BCUT2D eigenvalue weighted by Crippen LogP contribution is 2.41. The van der Waals surface area contributed by atoms with Gasteiger partial charge in [0.1, 0.15) is 5.75 Å². The van der Waals surface area contributed by atoms with E-state index in [9.17, 15) is 9.90 Å². The van der Waals surface area contributed by atoms with Crippen molar-refractivity contribution < 1.29 is 14.6 Å². The van der Waals surface area contributed by atoms with Gasteiger partial charge in [-0.1, -0.05) is 53.8 Å². The van der Waals surface area contributed by atoms with Crippen molar-refractivity contribution in [2.75, 3.05) is 13.7 Å². The molecule has 0 radical (unpaired) electrons. The second kappa shape index (κ2) is 9.41. The highest BCUT2D eigenvalue weighted by atomic mass is 32.1. The Kier molecular flexibility index (Phi) is 5.93. The molecule has 1 N–H and O–H groups in total. The molecule has 0 fully saturated rings. The molecular weight excluding hydrogens is 484 g/mol. The molecule has 4 aromatic rings. The molecule has 1 atom stereocenters. The van der Waals surface area contributed by atoms with E-state index in [2.05, 4.69) is 18.2 Å². The van der Waals surface area contributed by atoms with Crippen LogP contribution in [-0.4, -0.2) is 23.4 Å². The Morgan fingerprint density at radius 1 is 1.11 bits per heavy atom. The van der Waals surface area contributed by atoms with Crippen LogP contribution in [0.2, 0.25) is 0 Å². The Hall–Kier alpha value is -4.10. The maximum absolute atomic E-state index is 13.9. The molecule has 0 bridgehead atoms. The van der Waals surface area contributed by atoms with Crippen molar-refractivity contribution in [3.05, 3.63) is 114 Å². The third-order valence-corrected chi connectivity index (χ3v) is 7.86. The molecule has 186 valence electrons. The molecule has 1 aliphatic carbocycles. The first kappa shape index (κ1) is 23.3. The molecule has 7 heteroatoms. The molecule has 1 unspecified atom stereocenters. The van der Waals surface area contributed by atoms with Crippen molar-refractivity contribution in [3.63, 3.8) is 0 Å². The monoisotopic (exact) mass is 510 g/mol. The molecule has 0 amide bonds. The molecule has 6 rings (SSSR count). The molecule has 0 saturated heterocycles. The SMILES string of the molecule is CCOc1ccc(C2C3=C(N=c4sc(=Cc5ccc(O)c(OC)c5)c(=O)n42)c2ccccc2CC3)cc1. The number of hydrogen-bond donors (Lipinski definition) is 1. The second-order valence-electron chi connectivity index (χ2n) is 9.05. The van der Waals surface area contributed by atoms with Crippen molar-refractivity contribution >= 4 is 23.1 Å². The van der Waals surface area contributed by atoms with E-state index in [4.69, 9.17) is 14.5 Å². The average molecular weight is 511 g/mol. The van der Waals surface area contributed by atoms with Gasteiger partial charge in [-0.05, 0) is 72.4 Å². The summed E-state index contributed by atoms with van der Waals surface area (Å²) in [6.45, 7) is 2.56. The number of ether oxygens (including phenoxy) is 2. The Labute approximate surface area is 218 Å². The van der Waals surface area contributed by atoms with Crippen LogP contribution in [0.15, 0.2) is 82.1 Å². The van der Waals surface area contributed by atoms with E-state index in [1.54, 1.807) is 18.2 Å². The zero-order valence-electron chi connectivity index (χ0n) is 20.6. The van der Waals surface area contributed by atoms with Crippen molar-refractivity contribution in [2.45, 2.75) is 25.8 Å². The van der Waals surface area contributed by atoms with Gasteiger partial charge in [0.25, 0.3) is 5.56 Å². The van der Waals surface area contributed by atoms with Crippen LogP contribution in [0.1, 0.15) is 41.6 Å². The molecule has 1 aliphatic heterocycles. The first-order valence-corrected chi connectivity index (χ1v) is 13.1. The third kappa shape index (κ3) is 4.05. The number of allylic oxidation sites excluding steroid dienone is 1. The number of aromatic hydroxyl groups is 1. The molecule has 6 nitrogen and oxygen atoms in total. The topological polar surface area (TPSA) is 73.1 Å². The predicted octanol–water partition coefficient (Wildman–Crippen LogP) is 4.43. The van der Waals surface area contributed by atoms with Crippen molar-refractivity contribution in [1.82, 2.24) is 4.57 Å². The molecule has 2 heterocycles. The Morgan fingerprint density at radius 3 is 2.70 bits per heavy atom. The molecule has 1 aromatic heterocycles. The van der Waals surface area contributed by atoms with E-state index in [1.165, 1.54) is 24.0 Å². The number of fused-ring (bicyclic) bond motifs is 3. The number of rotatable bonds is 5. The van der Waals surface area contributed by atoms with Gasteiger partial charge in [-0.2, -0.15) is 0 Å². The molecule has 0 saturated carbocycles. The fourth-order valence-corrected chi connectivity index (χ4v) is 6.17. The lowest BCUT2D eigenvalue weighted by atomic mass is 9.83. The molecule has 2 aliphatic rings. The zero-order valence-corrected chi connectivity index (χ0v) is 21.4. The van der Waals surface area contributed by atoms with Crippen LogP contribution in [0, 0.1) is 0 Å². The van der Waals surface area contributed by atoms with E-state index < -0.39 is 0 Å². The first-order valence-electron chi connectivity index (χ1n) is 12.3. The maximum atomic E-state index is 13.9. The Morgan fingerprint density at radius 2 is 1.92 bits per heavy atom. The van der Waals surface area contributed by atoms with E-state index in [-0.39, 0.29) is 17.4 Å². The lowest BCUT2D eigenvalue weighted by Gasteiger charge is -2.30. The average Bonchev–Trinajstić information content (AvgIpc) is 3.23. The summed E-state index contributed by atoms with van der Waals surface area (Å²) in [5, 5.41) is 9.97. The standard InChI is InChI=1S/C30H26N2O4S/c1-3-36-21-12-9-20(10-13-21)28-23-14-11-19-6-4-5-7-22(19)27(23)31-30-32(28)29(34)26(37-30)17-18-8-15-24(33)25(16-18)35-2/h4-10,12-13,15-17,28,33H,3,11,14H2,1-2H3. The largest absolute Gasteiger partial charge is 0.504 e. The molecule has 3 aromatic carbocycles. The first-order chi connectivity index (χ1) is 18.1. The highest BCUT2D eigenvalue weighted by molar-refractivity contribution is 7.07. The summed E-state index contributed by atoms with van der Waals surface area (Å²) in [5.74, 6) is 1.23. The minimum Gasteiger partial charge on any atom is -0.504 e. The number of thiazole rings is 1. The number of aryl methyl sites for hydroxylation is 1. The number of aromatic nitrogens is 1. The van der Waals surface area contributed by atoms with Gasteiger partial charge < -0.3 is 14.6 Å². The number of methoxy groups -OCH3 is 1. The summed E-state index contributed by atoms with van der Waals surface area (Å²) >= 11 is 1.38. The van der Waals surface area contributed by atoms with Gasteiger partial charge >= 0.3 is 0 Å². The summed E-state index contributed by atoms with van der Waals surface area (Å²) in [7, 11) is 1.51. The third-order valence-electron chi connectivity index (χ3n) is 6.88. The van der Waals surface area contributed by atoms with E-state index in [1.807, 2.05) is 47.9 Å². The highest BCUT2D eigenvalue weighted by Gasteiger charge is 2.32. The van der Waals surface area contributed by atoms with Crippen molar-refractivity contribution in [1.29, 1.82) is 0 Å². The lowest BCUT2D eigenvalue weighted by Crippen LogP contribution is -2.38. The quantitative estimate of drug-likeness (QED) is 0.431. The number of phenolic OH excluding ortho intramolecular Hbond substituents is 1. The van der Waals surface area contributed by atoms with Gasteiger partial charge in [0.05, 0.1) is 30.0 Å². The van der Waals surface area contributed by atoms with Gasteiger partial charge in [0.2, 0.25) is 0 Å². The molecular formula is C30H26N2O4S. The van der Waals surface area contributed by atoms with Crippen LogP contribution < -0.4 is 24.4 Å². The minimum absolute atomic E-state index is 0.0583. The molecule has 37 heavy (non-hydrogen) atoms. The van der Waals surface area contributed by atoms with Crippen LogP contribution in [0.5, 0.6) is 17.2 Å². The normalized spacial score (nSPS) is 16.5. The number of hydrogen-bond acceptors (Lipinski definition) is 6. The van der Waals surface area contributed by atoms with Crippen LogP contribution in [-0.2, 0) is 6.42 Å². The second-order valence-corrected chi connectivity index (χ2v) is 10.1. The van der Waals surface area contributed by atoms with Crippen molar-refractivity contribution in [3.8, 4) is 17.2 Å². The van der Waals surface area contributed by atoms with Crippen LogP contribution in [0.3, 0.4) is 0 Å². The molecule has 0 spiro atoms. The lowest BCUT2D eigenvalue weighted by molar-refractivity contribution is 0.340. The number of phenols is 1. The fraction of sp³-hybridized carbons (Fsp3) is 0.200. The van der Waals surface area contributed by atoms with Crippen LogP contribution >= 0.6 is 11.3 Å². The zero-order chi connectivity index (χ0) is 25.5. The van der Waals surface area contributed by atoms with Gasteiger partial charge in [-0.15, -0.1) is 0 Å². The van der Waals surface area contributed by atoms with E-state index >= 15 is 0 Å². The summed E-state index contributed by atoms with van der Waals surface area (Å²) in [4.78, 5) is 19.6. The number of nitrogens with zero attached hydrogens (tertiary/aromatic N) is 2. The van der Waals surface area contributed by atoms with Crippen LogP contribution in [0.25, 0.3) is 11.8 Å². The Balaban J connectivity index is 1.57. The summed E-state index contributed by atoms with van der Waals surface area (Å²) in [6.07, 6.45) is 3.58. The summed E-state index contributed by atoms with van der Waals surface area (Å²) in [6, 6.07) is 21.2. The number of benzene rings is 3. The van der Waals surface area contributed by atoms with Gasteiger partial charge in [0.15, 0.2) is 16.3 Å². The van der Waals surface area contributed by atoms with Gasteiger partial charge in [0, 0.05) is 5.56 Å². The van der Waals surface area contributed by atoms with Crippen molar-refractivity contribution in [2.24, 2.45) is 4.99 Å². The van der Waals surface area contributed by atoms with Gasteiger partial charge in [-0.25, -0.2) is 4.99 Å². The fourth-order valence-electron chi connectivity index (χ4n) is 5.17. The smallest absolute Gasteiger partial charge is 0.271 e. The summed E-state index contributed by atoms with van der Waals surface area (Å²) in [5.41, 5.74) is 6.27. The predicted molar refractivity (Wildman–Crippen MR) is 145 cm³/mol. The van der Waals surface area contributed by atoms with Gasteiger partial charge in [-0.3, -0.25) is 9.36 Å². The maximum Gasteiger partial charge on any atom is 0.271 e.